The molecular formula is C15H27F3N2. The number of alkyl halides is 3. The highest BCUT2D eigenvalue weighted by atomic mass is 19.4. The first-order valence-electron chi connectivity index (χ1n) is 8.03. The van der Waals surface area contributed by atoms with Crippen molar-refractivity contribution in [2.45, 2.75) is 57.7 Å². The molecule has 1 aliphatic carbocycles. The van der Waals surface area contributed by atoms with Crippen LogP contribution < -0.4 is 5.32 Å². The second-order valence-electron chi connectivity index (χ2n) is 6.35. The van der Waals surface area contributed by atoms with Crippen LogP contribution in [-0.2, 0) is 0 Å². The van der Waals surface area contributed by atoms with Gasteiger partial charge >= 0.3 is 6.18 Å². The number of piperidine rings is 1. The van der Waals surface area contributed by atoms with Crippen molar-refractivity contribution in [3.05, 3.63) is 0 Å². The quantitative estimate of drug-likeness (QED) is 0.854. The highest BCUT2D eigenvalue weighted by Crippen LogP contribution is 2.34. The Morgan fingerprint density at radius 2 is 1.85 bits per heavy atom. The molecule has 0 aromatic rings. The summed E-state index contributed by atoms with van der Waals surface area (Å²) in [5.41, 5.74) is 0. The van der Waals surface area contributed by atoms with Crippen molar-refractivity contribution in [1.29, 1.82) is 0 Å². The topological polar surface area (TPSA) is 15.3 Å². The summed E-state index contributed by atoms with van der Waals surface area (Å²) in [5, 5.41) is 3.52. The normalized spacial score (nSPS) is 33.3. The van der Waals surface area contributed by atoms with Crippen LogP contribution in [0.2, 0.25) is 0 Å². The molecule has 118 valence electrons. The van der Waals surface area contributed by atoms with E-state index in [1.807, 2.05) is 0 Å². The summed E-state index contributed by atoms with van der Waals surface area (Å²) in [5.74, 6) is -0.590. The van der Waals surface area contributed by atoms with E-state index in [1.54, 1.807) is 0 Å². The van der Waals surface area contributed by atoms with Gasteiger partial charge in [0.2, 0.25) is 0 Å². The number of likely N-dealkylation sites (tertiary alicyclic amines) is 1. The molecule has 1 saturated carbocycles. The van der Waals surface area contributed by atoms with Crippen LogP contribution in [0.3, 0.4) is 0 Å². The molecule has 0 amide bonds. The molecule has 0 aromatic carbocycles. The molecular weight excluding hydrogens is 265 g/mol. The van der Waals surface area contributed by atoms with Crippen molar-refractivity contribution in [3.63, 3.8) is 0 Å². The van der Waals surface area contributed by atoms with Gasteiger partial charge in [0.1, 0.15) is 0 Å². The molecule has 0 radical (unpaired) electrons. The van der Waals surface area contributed by atoms with Crippen molar-refractivity contribution in [2.24, 2.45) is 11.8 Å². The fourth-order valence-corrected chi connectivity index (χ4v) is 3.78. The Hall–Kier alpha value is -0.290. The smallest absolute Gasteiger partial charge is 0.314 e. The second-order valence-corrected chi connectivity index (χ2v) is 6.35. The summed E-state index contributed by atoms with van der Waals surface area (Å²) in [6.07, 6.45) is 1.78. The van der Waals surface area contributed by atoms with Gasteiger partial charge in [0.25, 0.3) is 0 Å². The van der Waals surface area contributed by atoms with Crippen LogP contribution in [0.25, 0.3) is 0 Å². The molecule has 3 unspecified atom stereocenters. The molecule has 20 heavy (non-hydrogen) atoms. The first kappa shape index (κ1) is 16.1. The summed E-state index contributed by atoms with van der Waals surface area (Å²) in [6, 6.07) is 0.500. The van der Waals surface area contributed by atoms with E-state index in [4.69, 9.17) is 0 Å². The van der Waals surface area contributed by atoms with Crippen LogP contribution in [0.15, 0.2) is 0 Å². The minimum absolute atomic E-state index is 0.207. The van der Waals surface area contributed by atoms with E-state index >= 15 is 0 Å². The van der Waals surface area contributed by atoms with E-state index in [0.717, 1.165) is 26.1 Å². The van der Waals surface area contributed by atoms with Gasteiger partial charge < -0.3 is 10.2 Å². The minimum Gasteiger partial charge on any atom is -0.314 e. The third-order valence-electron chi connectivity index (χ3n) is 4.84. The molecule has 2 aliphatic rings. The lowest BCUT2D eigenvalue weighted by Gasteiger charge is -2.39. The van der Waals surface area contributed by atoms with Gasteiger partial charge in [-0.3, -0.25) is 0 Å². The Kier molecular flexibility index (Phi) is 5.73. The fourth-order valence-electron chi connectivity index (χ4n) is 3.78. The lowest BCUT2D eigenvalue weighted by molar-refractivity contribution is -0.187. The highest BCUT2D eigenvalue weighted by Gasteiger charge is 2.42. The maximum Gasteiger partial charge on any atom is 0.393 e. The van der Waals surface area contributed by atoms with Crippen LogP contribution in [0.4, 0.5) is 13.2 Å². The summed E-state index contributed by atoms with van der Waals surface area (Å²) >= 11 is 0. The van der Waals surface area contributed by atoms with Gasteiger partial charge in [-0.25, -0.2) is 0 Å². The van der Waals surface area contributed by atoms with Crippen molar-refractivity contribution in [3.8, 4) is 0 Å². The largest absolute Gasteiger partial charge is 0.393 e. The Bertz CT molecular complexity index is 291. The monoisotopic (exact) mass is 292 g/mol. The molecule has 1 saturated heterocycles. The van der Waals surface area contributed by atoms with E-state index in [0.29, 0.717) is 24.8 Å². The molecule has 3 atom stereocenters. The van der Waals surface area contributed by atoms with Crippen LogP contribution >= 0.6 is 0 Å². The summed E-state index contributed by atoms with van der Waals surface area (Å²) in [4.78, 5) is 2.06. The molecule has 0 aromatic heterocycles. The fraction of sp³-hybridized carbons (Fsp3) is 1.00. The summed E-state index contributed by atoms with van der Waals surface area (Å²) in [7, 11) is 0. The molecule has 2 nitrogen and oxygen atoms in total. The number of rotatable bonds is 4. The maximum atomic E-state index is 12.9. The second kappa shape index (κ2) is 7.12. The Labute approximate surface area is 120 Å². The molecule has 1 heterocycles. The van der Waals surface area contributed by atoms with Gasteiger partial charge in [-0.05, 0) is 44.7 Å². The summed E-state index contributed by atoms with van der Waals surface area (Å²) in [6.45, 7) is 4.93. The molecule has 1 N–H and O–H groups in total. The average Bonchev–Trinajstić information content (AvgIpc) is 2.41. The first-order valence-corrected chi connectivity index (χ1v) is 8.03. The predicted molar refractivity (Wildman–Crippen MR) is 74.6 cm³/mol. The van der Waals surface area contributed by atoms with Gasteiger partial charge in [0.05, 0.1) is 5.92 Å². The number of nitrogens with one attached hydrogen (secondary N) is 1. The van der Waals surface area contributed by atoms with E-state index in [-0.39, 0.29) is 6.54 Å². The third kappa shape index (κ3) is 4.35. The Balaban J connectivity index is 1.87. The number of halogens is 3. The molecule has 5 heteroatoms. The van der Waals surface area contributed by atoms with Crippen molar-refractivity contribution in [1.82, 2.24) is 10.2 Å². The lowest BCUT2D eigenvalue weighted by atomic mass is 9.83. The summed E-state index contributed by atoms with van der Waals surface area (Å²) < 4.78 is 38.6. The molecule has 1 aliphatic heterocycles. The number of nitrogens with zero attached hydrogens (tertiary/aromatic N) is 1. The van der Waals surface area contributed by atoms with Gasteiger partial charge in [0, 0.05) is 19.1 Å². The van der Waals surface area contributed by atoms with Gasteiger partial charge in [0.15, 0.2) is 0 Å². The standard InChI is InChI=1S/C15H27F3N2/c1-2-19-14-8-4-3-6-12(14)10-20-9-5-7-13(11-20)15(16,17)18/h12-14,19H,2-11H2,1H3. The van der Waals surface area contributed by atoms with Crippen molar-refractivity contribution >= 4 is 0 Å². The lowest BCUT2D eigenvalue weighted by Crippen LogP contribution is -2.48. The number of hydrogen-bond acceptors (Lipinski definition) is 2. The molecule has 0 spiro atoms. The van der Waals surface area contributed by atoms with Crippen LogP contribution in [-0.4, -0.2) is 43.3 Å². The first-order chi connectivity index (χ1) is 9.50. The minimum atomic E-state index is -4.02. The SMILES string of the molecule is CCNC1CCCCC1CN1CCCC(C(F)(F)F)C1. The molecule has 2 fully saturated rings. The Morgan fingerprint density at radius 3 is 2.55 bits per heavy atom. The zero-order valence-electron chi connectivity index (χ0n) is 12.4. The maximum absolute atomic E-state index is 12.9. The average molecular weight is 292 g/mol. The van der Waals surface area contributed by atoms with Gasteiger partial charge in [-0.2, -0.15) is 13.2 Å². The number of hydrogen-bond donors (Lipinski definition) is 1. The van der Waals surface area contributed by atoms with Gasteiger partial charge in [-0.1, -0.05) is 19.8 Å². The van der Waals surface area contributed by atoms with E-state index in [2.05, 4.69) is 17.1 Å². The molecule has 0 bridgehead atoms. The van der Waals surface area contributed by atoms with Crippen LogP contribution in [0.5, 0.6) is 0 Å². The Morgan fingerprint density at radius 1 is 1.10 bits per heavy atom. The zero-order valence-corrected chi connectivity index (χ0v) is 12.4. The van der Waals surface area contributed by atoms with E-state index in [1.165, 1.54) is 19.3 Å². The van der Waals surface area contributed by atoms with Gasteiger partial charge in [-0.15, -0.1) is 0 Å². The zero-order chi connectivity index (χ0) is 14.6. The third-order valence-corrected chi connectivity index (χ3v) is 4.84. The van der Waals surface area contributed by atoms with Crippen molar-refractivity contribution < 1.29 is 13.2 Å². The van der Waals surface area contributed by atoms with Crippen molar-refractivity contribution in [2.75, 3.05) is 26.2 Å². The highest BCUT2D eigenvalue weighted by molar-refractivity contribution is 4.85. The van der Waals surface area contributed by atoms with E-state index in [9.17, 15) is 13.2 Å². The van der Waals surface area contributed by atoms with E-state index < -0.39 is 12.1 Å². The predicted octanol–water partition coefficient (Wildman–Crippen LogP) is 3.43. The van der Waals surface area contributed by atoms with Crippen LogP contribution in [0, 0.1) is 11.8 Å². The van der Waals surface area contributed by atoms with Crippen LogP contribution in [0.1, 0.15) is 45.4 Å². The molecule has 2 rings (SSSR count).